The third-order valence-corrected chi connectivity index (χ3v) is 4.44. The molecule has 2 nitrogen and oxygen atoms in total. The van der Waals surface area contributed by atoms with E-state index in [0.717, 1.165) is 5.56 Å². The lowest BCUT2D eigenvalue weighted by Crippen LogP contribution is -2.40. The molecule has 2 N–H and O–H groups in total. The van der Waals surface area contributed by atoms with Crippen molar-refractivity contribution in [3.63, 3.8) is 0 Å². The summed E-state index contributed by atoms with van der Waals surface area (Å²) in [7, 11) is 0. The van der Waals surface area contributed by atoms with Crippen LogP contribution in [0.3, 0.4) is 0 Å². The van der Waals surface area contributed by atoms with Crippen LogP contribution in [0.1, 0.15) is 25.5 Å². The molecule has 0 saturated carbocycles. The van der Waals surface area contributed by atoms with Crippen LogP contribution in [0, 0.1) is 0 Å². The summed E-state index contributed by atoms with van der Waals surface area (Å²) in [5.41, 5.74) is 0.225. The minimum atomic E-state index is -0.723. The molecule has 0 heterocycles. The van der Waals surface area contributed by atoms with Crippen molar-refractivity contribution in [3.05, 3.63) is 33.8 Å². The van der Waals surface area contributed by atoms with Crippen molar-refractivity contribution in [1.82, 2.24) is 5.32 Å². The summed E-state index contributed by atoms with van der Waals surface area (Å²) < 4.78 is 0. The van der Waals surface area contributed by atoms with Crippen LogP contribution in [0.15, 0.2) is 18.2 Å². The Labute approximate surface area is 123 Å². The average Bonchev–Trinajstić information content (AvgIpc) is 2.30. The van der Waals surface area contributed by atoms with Gasteiger partial charge in [0.2, 0.25) is 0 Å². The highest BCUT2D eigenvalue weighted by molar-refractivity contribution is 7.98. The molecule has 18 heavy (non-hydrogen) atoms. The van der Waals surface area contributed by atoms with E-state index < -0.39 is 5.60 Å². The molecule has 0 radical (unpaired) electrons. The lowest BCUT2D eigenvalue weighted by atomic mass is 10.1. The second-order valence-corrected chi connectivity index (χ2v) is 6.33. The summed E-state index contributed by atoms with van der Waals surface area (Å²) in [4.78, 5) is 0. The van der Waals surface area contributed by atoms with Crippen molar-refractivity contribution in [3.8, 4) is 0 Å². The van der Waals surface area contributed by atoms with E-state index in [1.807, 2.05) is 32.2 Å². The van der Waals surface area contributed by atoms with Gasteiger partial charge in [0.25, 0.3) is 0 Å². The van der Waals surface area contributed by atoms with E-state index >= 15 is 0 Å². The van der Waals surface area contributed by atoms with Crippen LogP contribution >= 0.6 is 35.0 Å². The highest BCUT2D eigenvalue weighted by Crippen LogP contribution is 2.29. The maximum absolute atomic E-state index is 10.1. The smallest absolute Gasteiger partial charge is 0.0833 e. The van der Waals surface area contributed by atoms with E-state index in [4.69, 9.17) is 23.2 Å². The van der Waals surface area contributed by atoms with Gasteiger partial charge in [-0.05, 0) is 31.7 Å². The zero-order valence-corrected chi connectivity index (χ0v) is 13.2. The maximum Gasteiger partial charge on any atom is 0.0833 e. The second kappa shape index (κ2) is 7.01. The van der Waals surface area contributed by atoms with Crippen molar-refractivity contribution < 1.29 is 5.11 Å². The molecular weight excluding hydrogens is 289 g/mol. The minimum absolute atomic E-state index is 0.0459. The Bertz CT molecular complexity index is 399. The molecule has 0 aliphatic rings. The van der Waals surface area contributed by atoms with Crippen LogP contribution < -0.4 is 5.32 Å². The molecule has 0 spiro atoms. The fourth-order valence-corrected chi connectivity index (χ4v) is 2.90. The fraction of sp³-hybridized carbons (Fsp3) is 0.538. The van der Waals surface area contributed by atoms with Gasteiger partial charge in [-0.1, -0.05) is 35.3 Å². The lowest BCUT2D eigenvalue weighted by molar-refractivity contribution is 0.0821. The number of aliphatic hydroxyl groups is 1. The van der Waals surface area contributed by atoms with Gasteiger partial charge in [-0.25, -0.2) is 0 Å². The third-order valence-electron chi connectivity index (χ3n) is 2.69. The Morgan fingerprint density at radius 1 is 1.44 bits per heavy atom. The molecule has 0 aliphatic carbocycles. The average molecular weight is 308 g/mol. The van der Waals surface area contributed by atoms with Gasteiger partial charge in [0.05, 0.1) is 15.6 Å². The molecule has 0 saturated heterocycles. The molecule has 1 aromatic rings. The van der Waals surface area contributed by atoms with Gasteiger partial charge in [-0.3, -0.25) is 0 Å². The first-order valence-electron chi connectivity index (χ1n) is 5.76. The van der Waals surface area contributed by atoms with E-state index in [2.05, 4.69) is 5.32 Å². The Hall–Kier alpha value is 0.0700. The number of halogens is 2. The van der Waals surface area contributed by atoms with Crippen LogP contribution in [0.2, 0.25) is 10.0 Å². The Kier molecular flexibility index (Phi) is 6.28. The third kappa shape index (κ3) is 4.63. The summed E-state index contributed by atoms with van der Waals surface area (Å²) in [5.74, 6) is 0.690. The van der Waals surface area contributed by atoms with Gasteiger partial charge < -0.3 is 10.4 Å². The highest BCUT2D eigenvalue weighted by Gasteiger charge is 2.21. The van der Waals surface area contributed by atoms with Gasteiger partial charge >= 0.3 is 0 Å². The summed E-state index contributed by atoms with van der Waals surface area (Å²) in [5, 5.41) is 14.5. The largest absolute Gasteiger partial charge is 0.388 e. The number of hydrogen-bond acceptors (Lipinski definition) is 3. The molecule has 2 atom stereocenters. The predicted octanol–water partition coefficient (Wildman–Crippen LogP) is 3.76. The van der Waals surface area contributed by atoms with Gasteiger partial charge in [0.1, 0.15) is 0 Å². The first-order chi connectivity index (χ1) is 8.37. The molecule has 102 valence electrons. The van der Waals surface area contributed by atoms with Crippen molar-refractivity contribution in [2.45, 2.75) is 25.5 Å². The van der Waals surface area contributed by atoms with Crippen LogP contribution in [0.4, 0.5) is 0 Å². The van der Waals surface area contributed by atoms with E-state index in [0.29, 0.717) is 22.3 Å². The quantitative estimate of drug-likeness (QED) is 0.839. The Balaban J connectivity index is 2.66. The van der Waals surface area contributed by atoms with Crippen molar-refractivity contribution >= 4 is 35.0 Å². The second-order valence-electron chi connectivity index (χ2n) is 4.68. The van der Waals surface area contributed by atoms with E-state index in [-0.39, 0.29) is 6.04 Å². The van der Waals surface area contributed by atoms with Gasteiger partial charge in [0.15, 0.2) is 0 Å². The first kappa shape index (κ1) is 16.1. The summed E-state index contributed by atoms with van der Waals surface area (Å²) in [6.45, 7) is 4.34. The SMILES string of the molecule is CSCC(C)(O)CNC(C)c1cccc(Cl)c1Cl. The molecule has 5 heteroatoms. The van der Waals surface area contributed by atoms with Crippen LogP contribution in [-0.4, -0.2) is 29.3 Å². The summed E-state index contributed by atoms with van der Waals surface area (Å²) >= 11 is 13.8. The van der Waals surface area contributed by atoms with Crippen LogP contribution in [0.25, 0.3) is 0 Å². The molecular formula is C13H19Cl2NOS. The van der Waals surface area contributed by atoms with Gasteiger partial charge in [-0.2, -0.15) is 11.8 Å². The number of benzene rings is 1. The molecule has 0 bridgehead atoms. The number of thioether (sulfide) groups is 1. The van der Waals surface area contributed by atoms with Crippen LogP contribution in [0.5, 0.6) is 0 Å². The highest BCUT2D eigenvalue weighted by atomic mass is 35.5. The Morgan fingerprint density at radius 2 is 2.11 bits per heavy atom. The Morgan fingerprint density at radius 3 is 2.72 bits per heavy atom. The molecule has 1 rings (SSSR count). The normalized spacial score (nSPS) is 16.3. The number of nitrogens with one attached hydrogen (secondary N) is 1. The number of rotatable bonds is 6. The number of hydrogen-bond donors (Lipinski definition) is 2. The molecule has 1 aromatic carbocycles. The molecule has 0 aromatic heterocycles. The van der Waals surface area contributed by atoms with E-state index in [1.54, 1.807) is 17.8 Å². The summed E-state index contributed by atoms with van der Waals surface area (Å²) in [6.07, 6.45) is 1.98. The van der Waals surface area contributed by atoms with E-state index in [1.165, 1.54) is 0 Å². The fourth-order valence-electron chi connectivity index (χ4n) is 1.70. The zero-order valence-electron chi connectivity index (χ0n) is 10.8. The van der Waals surface area contributed by atoms with Crippen molar-refractivity contribution in [2.75, 3.05) is 18.6 Å². The molecule has 0 fully saturated rings. The summed E-state index contributed by atoms with van der Waals surface area (Å²) in [6, 6.07) is 5.63. The maximum atomic E-state index is 10.1. The van der Waals surface area contributed by atoms with Crippen molar-refractivity contribution in [1.29, 1.82) is 0 Å². The van der Waals surface area contributed by atoms with Crippen molar-refractivity contribution in [2.24, 2.45) is 0 Å². The van der Waals surface area contributed by atoms with Crippen LogP contribution in [-0.2, 0) is 0 Å². The zero-order chi connectivity index (χ0) is 13.8. The van der Waals surface area contributed by atoms with Gasteiger partial charge in [0, 0.05) is 18.3 Å². The molecule has 2 unspecified atom stereocenters. The molecule has 0 amide bonds. The molecule has 0 aliphatic heterocycles. The van der Waals surface area contributed by atoms with E-state index in [9.17, 15) is 5.11 Å². The predicted molar refractivity (Wildman–Crippen MR) is 81.9 cm³/mol. The standard InChI is InChI=1S/C13H19Cl2NOS/c1-9(16-7-13(2,17)8-18-3)10-5-4-6-11(14)12(10)15/h4-6,9,16-17H,7-8H2,1-3H3. The minimum Gasteiger partial charge on any atom is -0.388 e. The first-order valence-corrected chi connectivity index (χ1v) is 7.91. The monoisotopic (exact) mass is 307 g/mol. The lowest BCUT2D eigenvalue weighted by Gasteiger charge is -2.25. The topological polar surface area (TPSA) is 32.3 Å². The van der Waals surface area contributed by atoms with Gasteiger partial charge in [-0.15, -0.1) is 0 Å².